The number of ether oxygens (including phenoxy) is 4. The number of pyridine rings is 3. The molecule has 7 aliphatic rings. The SMILES string of the molecule is CC.CC.COCC[N+]12CCOCCOCC[N+]3(CCO)Cc4cc(CC(=O)N5CCN(CCCOC6C=Cc7nccc(C(=O)NCC(=O)N8CCCC8C#N)c7C6)CC5)cc5[n+]4C3(CC(=O)c3cc(SF)cc([n+]3C1)C2)CC5=O. The molecule has 1 spiro atoms. The van der Waals surface area contributed by atoms with Crippen LogP contribution in [0.4, 0.5) is 3.89 Å². The van der Waals surface area contributed by atoms with Crippen LogP contribution in [0.1, 0.15) is 119 Å². The maximum atomic E-state index is 15.1. The lowest BCUT2D eigenvalue weighted by atomic mass is 9.93. The van der Waals surface area contributed by atoms with E-state index in [1.807, 2.05) is 72.1 Å². The van der Waals surface area contributed by atoms with E-state index in [-0.39, 0.29) is 91.0 Å². The minimum absolute atomic E-state index is 0.0235. The van der Waals surface area contributed by atoms with Crippen LogP contribution in [0.3, 0.4) is 0 Å². The zero-order chi connectivity index (χ0) is 57.7. The quantitative estimate of drug-likeness (QED) is 0.120. The summed E-state index contributed by atoms with van der Waals surface area (Å²) in [5.74, 6) is -1.03. The molecule has 9 heterocycles. The van der Waals surface area contributed by atoms with Crippen molar-refractivity contribution in [1.82, 2.24) is 25.0 Å². The van der Waals surface area contributed by atoms with Gasteiger partial charge in [-0.15, -0.1) is 9.13 Å². The Morgan fingerprint density at radius 3 is 2.42 bits per heavy atom. The molecular weight excluding hydrogens is 1060 g/mol. The van der Waals surface area contributed by atoms with Gasteiger partial charge in [0.05, 0.1) is 87.5 Å². The molecule has 2 saturated heterocycles. The predicted octanol–water partition coefficient (Wildman–Crippen LogP) is 3.48. The molecule has 20 nitrogen and oxygen atoms in total. The summed E-state index contributed by atoms with van der Waals surface area (Å²) in [6.07, 6.45) is 7.84. The van der Waals surface area contributed by atoms with Crippen LogP contribution in [0.2, 0.25) is 0 Å². The second kappa shape index (κ2) is 28.1. The molecule has 3 aromatic heterocycles. The number of nitriles is 1. The molecule has 81 heavy (non-hydrogen) atoms. The van der Waals surface area contributed by atoms with E-state index in [9.17, 15) is 33.4 Å². The summed E-state index contributed by atoms with van der Waals surface area (Å²) >= 11 is 0.109. The second-order valence-corrected chi connectivity index (χ2v) is 22.2. The number of Topliss-reactive ketones (excluding diaryl/α,β-unsaturated/α-hetero) is 2. The maximum Gasteiger partial charge on any atom is 0.310 e. The minimum atomic E-state index is -1.09. The monoisotopic (exact) mass is 1140 g/mol. The first-order valence-electron chi connectivity index (χ1n) is 29.1. The van der Waals surface area contributed by atoms with Gasteiger partial charge in [0.15, 0.2) is 13.1 Å². The number of ketones is 2. The molecule has 2 fully saturated rings. The Hall–Kier alpha value is -5.61. The molecule has 5 unspecified atom stereocenters. The summed E-state index contributed by atoms with van der Waals surface area (Å²) in [5, 5.41) is 22.9. The smallest absolute Gasteiger partial charge is 0.310 e. The van der Waals surface area contributed by atoms with Crippen molar-refractivity contribution in [3.8, 4) is 6.07 Å². The van der Waals surface area contributed by atoms with Crippen LogP contribution >= 0.6 is 12.1 Å². The lowest BCUT2D eigenvalue weighted by Gasteiger charge is -2.41. The molecule has 2 N–H and O–H groups in total. The Bertz CT molecular complexity index is 2850. The van der Waals surface area contributed by atoms with Crippen molar-refractivity contribution in [2.45, 2.75) is 115 Å². The highest BCUT2D eigenvalue weighted by molar-refractivity contribution is 7.94. The zero-order valence-corrected chi connectivity index (χ0v) is 48.8. The van der Waals surface area contributed by atoms with E-state index in [1.165, 1.54) is 4.90 Å². The predicted molar refractivity (Wildman–Crippen MR) is 298 cm³/mol. The number of carbonyl (C=O) groups is 5. The van der Waals surface area contributed by atoms with Gasteiger partial charge in [-0.25, -0.2) is 4.48 Å². The number of methoxy groups -OCH3 is 1. The van der Waals surface area contributed by atoms with Crippen LogP contribution in [0, 0.1) is 11.3 Å². The molecule has 22 heteroatoms. The van der Waals surface area contributed by atoms with Crippen LogP contribution in [0.5, 0.6) is 0 Å². The van der Waals surface area contributed by atoms with Crippen molar-refractivity contribution in [2.75, 3.05) is 125 Å². The fourth-order valence-electron chi connectivity index (χ4n) is 13.1. The van der Waals surface area contributed by atoms with Crippen LogP contribution in [0.25, 0.3) is 6.08 Å². The fourth-order valence-corrected chi connectivity index (χ4v) is 13.4. The van der Waals surface area contributed by atoms with Crippen molar-refractivity contribution in [3.63, 3.8) is 0 Å². The highest BCUT2D eigenvalue weighted by Gasteiger charge is 2.72. The molecule has 1 aliphatic carbocycles. The van der Waals surface area contributed by atoms with E-state index in [0.717, 1.165) is 41.9 Å². The number of quaternary nitrogens is 2. The lowest BCUT2D eigenvalue weighted by molar-refractivity contribution is -1.09. The van der Waals surface area contributed by atoms with Crippen molar-refractivity contribution >= 4 is 47.5 Å². The number of hydrogen-bond acceptors (Lipinski definition) is 14. The number of aromatic nitrogens is 3. The van der Waals surface area contributed by atoms with E-state index < -0.39 is 11.7 Å². The first kappa shape index (κ1) is 61.5. The summed E-state index contributed by atoms with van der Waals surface area (Å²) in [6.45, 7) is 17.4. The van der Waals surface area contributed by atoms with Gasteiger partial charge in [-0.05, 0) is 42.5 Å². The number of fused-ring (bicyclic) bond motifs is 2. The van der Waals surface area contributed by atoms with Gasteiger partial charge in [-0.3, -0.25) is 38.3 Å². The Kier molecular flexibility index (Phi) is 21.3. The Labute approximate surface area is 480 Å². The van der Waals surface area contributed by atoms with Gasteiger partial charge in [0, 0.05) is 95.4 Å². The number of likely N-dealkylation sites (tertiary alicyclic amines) is 1. The van der Waals surface area contributed by atoms with Crippen molar-refractivity contribution in [1.29, 1.82) is 5.26 Å². The molecule has 0 radical (unpaired) electrons. The third kappa shape index (κ3) is 13.3. The van der Waals surface area contributed by atoms with Gasteiger partial charge in [-0.1, -0.05) is 33.8 Å². The van der Waals surface area contributed by atoms with E-state index in [4.69, 9.17) is 18.9 Å². The molecule has 438 valence electrons. The average Bonchev–Trinajstić information content (AvgIpc) is 4.42. The van der Waals surface area contributed by atoms with E-state index in [1.54, 1.807) is 25.4 Å². The number of nitrogens with zero attached hydrogens (tertiary/aromatic N) is 9. The van der Waals surface area contributed by atoms with Crippen LogP contribution in [0.15, 0.2) is 47.5 Å². The summed E-state index contributed by atoms with van der Waals surface area (Å²) in [5.41, 5.74) is 4.01. The average molecular weight is 1140 g/mol. The fraction of sp³-hybridized carbons (Fsp3) is 0.610. The first-order chi connectivity index (χ1) is 39.4. The van der Waals surface area contributed by atoms with Gasteiger partial charge >= 0.3 is 5.66 Å². The number of amides is 3. The van der Waals surface area contributed by atoms with Crippen molar-refractivity contribution in [2.24, 2.45) is 0 Å². The van der Waals surface area contributed by atoms with Gasteiger partial charge < -0.3 is 39.2 Å². The lowest BCUT2D eigenvalue weighted by Crippen LogP contribution is -2.70. The van der Waals surface area contributed by atoms with Crippen LogP contribution in [-0.4, -0.2) is 201 Å². The number of piperazine rings is 1. The van der Waals surface area contributed by atoms with Gasteiger partial charge in [0.2, 0.25) is 34.8 Å². The van der Waals surface area contributed by atoms with Crippen LogP contribution in [-0.2, 0) is 66.8 Å². The number of hydrogen-bond donors (Lipinski definition) is 2. The number of aliphatic hydroxyl groups is 1. The number of rotatable bonds is 16. The Morgan fingerprint density at radius 1 is 0.938 bits per heavy atom. The first-order valence-corrected chi connectivity index (χ1v) is 29.8. The molecule has 6 aliphatic heterocycles. The second-order valence-electron chi connectivity index (χ2n) is 21.6. The summed E-state index contributed by atoms with van der Waals surface area (Å²) in [7, 11) is 1.66. The van der Waals surface area contributed by atoms with Gasteiger partial charge in [0.25, 0.3) is 24.0 Å². The van der Waals surface area contributed by atoms with Crippen LogP contribution < -0.4 is 14.5 Å². The van der Waals surface area contributed by atoms with E-state index in [0.29, 0.717) is 157 Å². The number of halogens is 1. The molecule has 3 aromatic rings. The third-order valence-corrected chi connectivity index (χ3v) is 17.5. The van der Waals surface area contributed by atoms with Crippen molar-refractivity contribution < 1.29 is 70.0 Å². The highest BCUT2D eigenvalue weighted by Crippen LogP contribution is 2.45. The third-order valence-electron chi connectivity index (χ3n) is 17.1. The number of aliphatic hydroxyl groups excluding tert-OH is 1. The van der Waals surface area contributed by atoms with Crippen molar-refractivity contribution in [3.05, 3.63) is 87.8 Å². The molecule has 0 aromatic carbocycles. The zero-order valence-electron chi connectivity index (χ0n) is 48.0. The van der Waals surface area contributed by atoms with E-state index in [2.05, 4.69) is 21.3 Å². The molecule has 0 saturated carbocycles. The summed E-state index contributed by atoms with van der Waals surface area (Å²) in [6, 6.07) is 10.6. The minimum Gasteiger partial charge on any atom is -0.391 e. The number of carbonyl (C=O) groups excluding carboxylic acids is 5. The Morgan fingerprint density at radius 2 is 1.69 bits per heavy atom. The van der Waals surface area contributed by atoms with Gasteiger partial charge in [0.1, 0.15) is 45.1 Å². The molecule has 10 rings (SSSR count). The molecule has 5 atom stereocenters. The standard InChI is InChI=1S/C55H70FN10O10S.2C2H6/c1-73-21-16-65-17-22-74-24-25-75-23-18-66(15-19-67)37-42-26-39(27-49-51(69)33-55(66,64(42)49)32-50(68)48-31-44(77-56)29-41(36-65)63(48)38-65)28-52(70)61-13-11-60(12-14-61)9-3-20-76-43-5-6-47-46(30-43)45(7-8-58-47)54(72)59-35-53(71)62-10-2-4-40(62)34-57;2*1-2/h5-8,26-27,29,31,40,43,67H,2-4,9-25,28,30,32-33,35-38H2,1H3;2*1-2H3/q+3;;/p+1. The largest absolute Gasteiger partial charge is 0.391 e. The van der Waals surface area contributed by atoms with Gasteiger partial charge in [-0.2, -0.15) is 9.15 Å². The molecule has 2 bridgehead atoms. The summed E-state index contributed by atoms with van der Waals surface area (Å²) < 4.78 is 43.4. The maximum absolute atomic E-state index is 15.1. The molecule has 3 amide bonds. The highest BCUT2D eigenvalue weighted by atomic mass is 32.2. The Balaban J connectivity index is 0.00000210. The summed E-state index contributed by atoms with van der Waals surface area (Å²) in [4.78, 5) is 80.2. The van der Waals surface area contributed by atoms with E-state index >= 15 is 4.79 Å². The normalized spacial score (nSPS) is 25.0. The number of nitrogens with one attached hydrogen (secondary N) is 1. The molecular formula is C59H83FN10O10S+4. The topological polar surface area (TPSA) is 209 Å².